The standard InChI is InChI=1S/C13H17N3O/c1-3-9(4-2)13-15-12(16-17-13)10-7-5-6-8-11(10)14/h5-9H,3-4,14H2,1-2H3. The van der Waals surface area contributed by atoms with Gasteiger partial charge in [-0.1, -0.05) is 31.1 Å². The quantitative estimate of drug-likeness (QED) is 0.820. The average molecular weight is 231 g/mol. The van der Waals surface area contributed by atoms with Gasteiger partial charge in [-0.25, -0.2) is 0 Å². The van der Waals surface area contributed by atoms with E-state index < -0.39 is 0 Å². The van der Waals surface area contributed by atoms with E-state index in [-0.39, 0.29) is 0 Å². The second kappa shape index (κ2) is 4.99. The van der Waals surface area contributed by atoms with Gasteiger partial charge in [0.05, 0.1) is 0 Å². The monoisotopic (exact) mass is 231 g/mol. The van der Waals surface area contributed by atoms with Crippen LogP contribution in [-0.4, -0.2) is 10.1 Å². The summed E-state index contributed by atoms with van der Waals surface area (Å²) in [5.41, 5.74) is 7.38. The van der Waals surface area contributed by atoms with Crippen molar-refractivity contribution in [1.82, 2.24) is 10.1 Å². The average Bonchev–Trinajstić information content (AvgIpc) is 2.81. The summed E-state index contributed by atoms with van der Waals surface area (Å²) in [6.07, 6.45) is 2.00. The Kier molecular flexibility index (Phi) is 3.42. The number of hydrogen-bond donors (Lipinski definition) is 1. The molecular weight excluding hydrogens is 214 g/mol. The lowest BCUT2D eigenvalue weighted by molar-refractivity contribution is 0.346. The van der Waals surface area contributed by atoms with Gasteiger partial charge in [0.1, 0.15) is 0 Å². The number of nitrogen functional groups attached to an aromatic ring is 1. The third kappa shape index (κ3) is 2.30. The lowest BCUT2D eigenvalue weighted by Crippen LogP contribution is -1.96. The predicted octanol–water partition coefficient (Wildman–Crippen LogP) is 3.22. The molecule has 4 nitrogen and oxygen atoms in total. The van der Waals surface area contributed by atoms with Crippen molar-refractivity contribution in [1.29, 1.82) is 0 Å². The fourth-order valence-corrected chi connectivity index (χ4v) is 1.85. The Morgan fingerprint density at radius 3 is 2.59 bits per heavy atom. The van der Waals surface area contributed by atoms with Crippen LogP contribution in [0.1, 0.15) is 38.5 Å². The van der Waals surface area contributed by atoms with Crippen LogP contribution in [0.25, 0.3) is 11.4 Å². The van der Waals surface area contributed by atoms with Crippen LogP contribution in [0.4, 0.5) is 5.69 Å². The summed E-state index contributed by atoms with van der Waals surface area (Å²) < 4.78 is 5.30. The maximum Gasteiger partial charge on any atom is 0.230 e. The van der Waals surface area contributed by atoms with Gasteiger partial charge in [0.15, 0.2) is 0 Å². The van der Waals surface area contributed by atoms with Crippen molar-refractivity contribution < 1.29 is 4.52 Å². The summed E-state index contributed by atoms with van der Waals surface area (Å²) in [5.74, 6) is 1.61. The fraction of sp³-hybridized carbons (Fsp3) is 0.385. The van der Waals surface area contributed by atoms with Crippen LogP contribution >= 0.6 is 0 Å². The molecule has 2 aromatic rings. The first-order valence-corrected chi connectivity index (χ1v) is 5.94. The number of benzene rings is 1. The van der Waals surface area contributed by atoms with E-state index in [4.69, 9.17) is 10.3 Å². The van der Waals surface area contributed by atoms with E-state index in [1.165, 1.54) is 0 Å². The summed E-state index contributed by atoms with van der Waals surface area (Å²) in [5, 5.41) is 4.00. The lowest BCUT2D eigenvalue weighted by atomic mass is 10.0. The van der Waals surface area contributed by atoms with Gasteiger partial charge in [-0.05, 0) is 25.0 Å². The second-order valence-corrected chi connectivity index (χ2v) is 4.06. The molecule has 2 rings (SSSR count). The molecule has 4 heteroatoms. The Morgan fingerprint density at radius 1 is 1.24 bits per heavy atom. The number of rotatable bonds is 4. The molecule has 1 aromatic carbocycles. The molecule has 0 aliphatic carbocycles. The molecular formula is C13H17N3O. The highest BCUT2D eigenvalue weighted by molar-refractivity contribution is 5.70. The third-order valence-electron chi connectivity index (χ3n) is 2.98. The van der Waals surface area contributed by atoms with Gasteiger partial charge >= 0.3 is 0 Å². The Morgan fingerprint density at radius 2 is 1.94 bits per heavy atom. The summed E-state index contributed by atoms with van der Waals surface area (Å²) in [6, 6.07) is 7.54. The molecule has 0 atom stereocenters. The first-order chi connectivity index (χ1) is 8.26. The molecule has 0 aliphatic rings. The molecule has 0 fully saturated rings. The van der Waals surface area contributed by atoms with Crippen molar-refractivity contribution in [3.8, 4) is 11.4 Å². The van der Waals surface area contributed by atoms with Crippen molar-refractivity contribution >= 4 is 5.69 Å². The van der Waals surface area contributed by atoms with E-state index in [0.29, 0.717) is 23.3 Å². The number of nitrogens with two attached hydrogens (primary N) is 1. The summed E-state index contributed by atoms with van der Waals surface area (Å²) >= 11 is 0. The number of aromatic nitrogens is 2. The van der Waals surface area contributed by atoms with Crippen LogP contribution < -0.4 is 5.73 Å². The molecule has 17 heavy (non-hydrogen) atoms. The molecule has 90 valence electrons. The van der Waals surface area contributed by atoms with Crippen molar-refractivity contribution in [3.05, 3.63) is 30.2 Å². The van der Waals surface area contributed by atoms with Crippen molar-refractivity contribution in [2.45, 2.75) is 32.6 Å². The van der Waals surface area contributed by atoms with Gasteiger partial charge in [0.25, 0.3) is 0 Å². The lowest BCUT2D eigenvalue weighted by Gasteiger charge is -2.04. The highest BCUT2D eigenvalue weighted by Crippen LogP contribution is 2.26. The van der Waals surface area contributed by atoms with Gasteiger partial charge < -0.3 is 10.3 Å². The zero-order valence-corrected chi connectivity index (χ0v) is 10.2. The van der Waals surface area contributed by atoms with Crippen LogP contribution in [0, 0.1) is 0 Å². The van der Waals surface area contributed by atoms with Gasteiger partial charge in [-0.15, -0.1) is 0 Å². The number of hydrogen-bond acceptors (Lipinski definition) is 4. The first-order valence-electron chi connectivity index (χ1n) is 5.94. The largest absolute Gasteiger partial charge is 0.398 e. The van der Waals surface area contributed by atoms with E-state index in [1.807, 2.05) is 24.3 Å². The van der Waals surface area contributed by atoms with Gasteiger partial charge in [-0.3, -0.25) is 0 Å². The number of anilines is 1. The van der Waals surface area contributed by atoms with Crippen molar-refractivity contribution in [2.24, 2.45) is 0 Å². The SMILES string of the molecule is CCC(CC)c1nc(-c2ccccc2N)no1. The number of nitrogens with zero attached hydrogens (tertiary/aromatic N) is 2. The van der Waals surface area contributed by atoms with Crippen LogP contribution in [0.2, 0.25) is 0 Å². The Bertz CT molecular complexity index is 489. The maximum atomic E-state index is 5.88. The summed E-state index contributed by atoms with van der Waals surface area (Å²) in [7, 11) is 0. The zero-order valence-electron chi connectivity index (χ0n) is 10.2. The van der Waals surface area contributed by atoms with Crippen LogP contribution in [0.3, 0.4) is 0 Å². The molecule has 0 bridgehead atoms. The minimum absolute atomic E-state index is 0.334. The van der Waals surface area contributed by atoms with E-state index in [1.54, 1.807) is 0 Å². The third-order valence-corrected chi connectivity index (χ3v) is 2.98. The highest BCUT2D eigenvalue weighted by Gasteiger charge is 2.16. The van der Waals surface area contributed by atoms with E-state index in [9.17, 15) is 0 Å². The molecule has 0 saturated heterocycles. The molecule has 0 saturated carbocycles. The van der Waals surface area contributed by atoms with Gasteiger partial charge in [0.2, 0.25) is 11.7 Å². The van der Waals surface area contributed by atoms with E-state index in [0.717, 1.165) is 18.4 Å². The molecule has 0 amide bonds. The maximum absolute atomic E-state index is 5.88. The van der Waals surface area contributed by atoms with Gasteiger partial charge in [-0.2, -0.15) is 4.98 Å². The van der Waals surface area contributed by atoms with Crippen molar-refractivity contribution in [3.63, 3.8) is 0 Å². The minimum atomic E-state index is 0.334. The van der Waals surface area contributed by atoms with E-state index in [2.05, 4.69) is 24.0 Å². The summed E-state index contributed by atoms with van der Waals surface area (Å²) in [6.45, 7) is 4.24. The number of para-hydroxylation sites is 1. The van der Waals surface area contributed by atoms with Gasteiger partial charge in [0, 0.05) is 17.2 Å². The fourth-order valence-electron chi connectivity index (χ4n) is 1.85. The summed E-state index contributed by atoms with van der Waals surface area (Å²) in [4.78, 5) is 4.43. The Balaban J connectivity index is 2.33. The molecule has 0 radical (unpaired) electrons. The Labute approximate surface area is 101 Å². The molecule has 1 heterocycles. The zero-order chi connectivity index (χ0) is 12.3. The Hall–Kier alpha value is -1.84. The smallest absolute Gasteiger partial charge is 0.230 e. The molecule has 0 unspecified atom stereocenters. The molecule has 1 aromatic heterocycles. The normalized spacial score (nSPS) is 11.0. The second-order valence-electron chi connectivity index (χ2n) is 4.06. The first kappa shape index (κ1) is 11.6. The molecule has 2 N–H and O–H groups in total. The van der Waals surface area contributed by atoms with Crippen LogP contribution in [0.5, 0.6) is 0 Å². The molecule has 0 spiro atoms. The minimum Gasteiger partial charge on any atom is -0.398 e. The topological polar surface area (TPSA) is 64.9 Å². The highest BCUT2D eigenvalue weighted by atomic mass is 16.5. The molecule has 0 aliphatic heterocycles. The van der Waals surface area contributed by atoms with E-state index >= 15 is 0 Å². The van der Waals surface area contributed by atoms with Crippen LogP contribution in [-0.2, 0) is 0 Å². The van der Waals surface area contributed by atoms with Crippen molar-refractivity contribution in [2.75, 3.05) is 5.73 Å². The predicted molar refractivity (Wildman–Crippen MR) is 67.5 cm³/mol. The van der Waals surface area contributed by atoms with Crippen LogP contribution in [0.15, 0.2) is 28.8 Å².